The number of hydrogen-bond acceptors (Lipinski definition) is 7. The lowest BCUT2D eigenvalue weighted by atomic mass is 9.83. The summed E-state index contributed by atoms with van der Waals surface area (Å²) in [4.78, 5) is 42.3. The SMILES string of the molecule is C=CN=C(ON)[C@H]1C[C@@](CC(C)C)(C(=O)O)N(C(=O)c2ccc(C(C)(C)C)cc2)[C@H]1c1nccs1. The number of rotatable bonds is 7. The van der Waals surface area contributed by atoms with Crippen LogP contribution in [0.3, 0.4) is 0 Å². The molecular formula is C26H34N4O4S. The first-order valence-electron chi connectivity index (χ1n) is 11.6. The highest BCUT2D eigenvalue weighted by molar-refractivity contribution is 7.09. The van der Waals surface area contributed by atoms with Crippen molar-refractivity contribution in [3.63, 3.8) is 0 Å². The zero-order valence-corrected chi connectivity index (χ0v) is 21.7. The van der Waals surface area contributed by atoms with Crippen molar-refractivity contribution in [3.8, 4) is 0 Å². The number of aliphatic imine (C=N–C) groups is 1. The van der Waals surface area contributed by atoms with Crippen LogP contribution < -0.4 is 5.90 Å². The maximum atomic E-state index is 14.1. The fraction of sp³-hybridized carbons (Fsp3) is 0.462. The number of carboxylic acid groups (broad SMARTS) is 1. The van der Waals surface area contributed by atoms with Gasteiger partial charge in [-0.2, -0.15) is 5.90 Å². The quantitative estimate of drug-likeness (QED) is 0.317. The van der Waals surface area contributed by atoms with Crippen LogP contribution in [0.2, 0.25) is 0 Å². The zero-order chi connectivity index (χ0) is 26.0. The summed E-state index contributed by atoms with van der Waals surface area (Å²) in [6.45, 7) is 13.8. The minimum absolute atomic E-state index is 0.000973. The monoisotopic (exact) mass is 498 g/mol. The lowest BCUT2D eigenvalue weighted by molar-refractivity contribution is -0.150. The largest absolute Gasteiger partial charge is 0.479 e. The maximum absolute atomic E-state index is 14.1. The summed E-state index contributed by atoms with van der Waals surface area (Å²) in [5, 5.41) is 13.0. The number of carbonyl (C=O) groups is 2. The van der Waals surface area contributed by atoms with E-state index in [1.165, 1.54) is 22.4 Å². The Bertz CT molecular complexity index is 1090. The van der Waals surface area contributed by atoms with Crippen LogP contribution in [-0.4, -0.2) is 38.3 Å². The van der Waals surface area contributed by atoms with Gasteiger partial charge in [-0.3, -0.25) is 4.79 Å². The molecule has 1 aromatic heterocycles. The van der Waals surface area contributed by atoms with Gasteiger partial charge in [-0.05, 0) is 41.9 Å². The van der Waals surface area contributed by atoms with E-state index < -0.39 is 23.5 Å². The predicted octanol–water partition coefficient (Wildman–Crippen LogP) is 4.95. The number of benzene rings is 1. The van der Waals surface area contributed by atoms with Crippen LogP contribution in [-0.2, 0) is 15.0 Å². The summed E-state index contributed by atoms with van der Waals surface area (Å²) >= 11 is 1.35. The van der Waals surface area contributed by atoms with E-state index in [1.807, 2.05) is 26.0 Å². The van der Waals surface area contributed by atoms with Crippen molar-refractivity contribution in [2.24, 2.45) is 22.7 Å². The number of thiazole rings is 1. The molecule has 9 heteroatoms. The summed E-state index contributed by atoms with van der Waals surface area (Å²) in [5.41, 5.74) is -0.102. The Labute approximate surface area is 210 Å². The van der Waals surface area contributed by atoms with Crippen molar-refractivity contribution in [2.75, 3.05) is 0 Å². The molecule has 1 fully saturated rings. The maximum Gasteiger partial charge on any atom is 0.329 e. The van der Waals surface area contributed by atoms with Gasteiger partial charge in [-0.1, -0.05) is 53.3 Å². The second kappa shape index (κ2) is 10.3. The van der Waals surface area contributed by atoms with Gasteiger partial charge in [0.05, 0.1) is 12.0 Å². The van der Waals surface area contributed by atoms with Gasteiger partial charge in [-0.25, -0.2) is 14.8 Å². The molecule has 188 valence electrons. The van der Waals surface area contributed by atoms with Crippen molar-refractivity contribution in [2.45, 2.75) is 64.5 Å². The number of hydrogen-bond donors (Lipinski definition) is 2. The van der Waals surface area contributed by atoms with Crippen LogP contribution >= 0.6 is 11.3 Å². The van der Waals surface area contributed by atoms with E-state index in [0.717, 1.165) is 5.56 Å². The molecule has 2 aromatic rings. The first kappa shape index (κ1) is 26.6. The molecule has 2 heterocycles. The highest BCUT2D eigenvalue weighted by Gasteiger charge is 2.61. The number of amides is 1. The third-order valence-corrected chi connectivity index (χ3v) is 7.25. The van der Waals surface area contributed by atoms with Gasteiger partial charge in [0.2, 0.25) is 5.90 Å². The predicted molar refractivity (Wildman–Crippen MR) is 137 cm³/mol. The van der Waals surface area contributed by atoms with Gasteiger partial charge in [0.25, 0.3) is 5.91 Å². The summed E-state index contributed by atoms with van der Waals surface area (Å²) in [6, 6.07) is 6.63. The van der Waals surface area contributed by atoms with Crippen LogP contribution in [0.5, 0.6) is 0 Å². The molecule has 3 atom stereocenters. The van der Waals surface area contributed by atoms with Gasteiger partial charge in [0, 0.05) is 23.3 Å². The summed E-state index contributed by atoms with van der Waals surface area (Å²) < 4.78 is 0. The lowest BCUT2D eigenvalue weighted by Gasteiger charge is -2.38. The van der Waals surface area contributed by atoms with Gasteiger partial charge in [0.15, 0.2) is 0 Å². The van der Waals surface area contributed by atoms with Crippen LogP contribution in [0.15, 0.2) is 53.6 Å². The van der Waals surface area contributed by atoms with E-state index in [4.69, 9.17) is 10.7 Å². The number of nitrogens with zero attached hydrogens (tertiary/aromatic N) is 3. The third-order valence-electron chi connectivity index (χ3n) is 6.40. The minimum atomic E-state index is -1.50. The van der Waals surface area contributed by atoms with Crippen molar-refractivity contribution in [1.82, 2.24) is 9.88 Å². The topological polar surface area (TPSA) is 118 Å². The highest BCUT2D eigenvalue weighted by atomic mass is 32.1. The molecule has 0 radical (unpaired) electrons. The van der Waals surface area contributed by atoms with Gasteiger partial charge in [0.1, 0.15) is 10.5 Å². The molecule has 0 saturated carbocycles. The summed E-state index contributed by atoms with van der Waals surface area (Å²) in [6.07, 6.45) is 3.26. The third kappa shape index (κ3) is 5.16. The standard InChI is InChI=1S/C26H34N4O4S/c1-7-28-21(34-27)19-15-26(24(32)33,14-16(2)3)30(20(19)22-29-12-13-35-22)23(31)17-8-10-18(11-9-17)25(4,5)6/h7-13,16,19-20H,1,14-15,27H2,2-6H3,(H,32,33)/t19-,20+,26-/m0/s1. The van der Waals surface area contributed by atoms with Crippen LogP contribution in [0, 0.1) is 11.8 Å². The molecule has 3 N–H and O–H groups in total. The van der Waals surface area contributed by atoms with E-state index in [1.54, 1.807) is 23.7 Å². The Balaban J connectivity index is 2.23. The minimum Gasteiger partial charge on any atom is -0.479 e. The zero-order valence-electron chi connectivity index (χ0n) is 20.9. The molecule has 35 heavy (non-hydrogen) atoms. The van der Waals surface area contributed by atoms with Gasteiger partial charge >= 0.3 is 5.97 Å². The van der Waals surface area contributed by atoms with E-state index in [0.29, 0.717) is 10.6 Å². The van der Waals surface area contributed by atoms with Crippen molar-refractivity contribution >= 4 is 29.1 Å². The summed E-state index contributed by atoms with van der Waals surface area (Å²) in [7, 11) is 0. The Morgan fingerprint density at radius 3 is 2.49 bits per heavy atom. The fourth-order valence-corrected chi connectivity index (χ4v) is 5.71. The second-order valence-corrected chi connectivity index (χ2v) is 11.3. The Hall–Kier alpha value is -3.04. The number of aliphatic carboxylic acids is 1. The van der Waals surface area contributed by atoms with E-state index in [9.17, 15) is 14.7 Å². The molecule has 1 amide bonds. The Kier molecular flexibility index (Phi) is 7.81. The van der Waals surface area contributed by atoms with Gasteiger partial charge < -0.3 is 14.8 Å². The normalized spacial score (nSPS) is 22.9. The van der Waals surface area contributed by atoms with Crippen LogP contribution in [0.4, 0.5) is 0 Å². The molecule has 1 aromatic carbocycles. The number of aromatic nitrogens is 1. The van der Waals surface area contributed by atoms with Crippen LogP contribution in [0.25, 0.3) is 0 Å². The first-order chi connectivity index (χ1) is 16.5. The second-order valence-electron chi connectivity index (χ2n) is 10.3. The number of carboxylic acids is 1. The highest BCUT2D eigenvalue weighted by Crippen LogP contribution is 2.51. The average Bonchev–Trinajstić information content (AvgIpc) is 3.43. The van der Waals surface area contributed by atoms with E-state index in [2.05, 4.69) is 37.3 Å². The van der Waals surface area contributed by atoms with Gasteiger partial charge in [-0.15, -0.1) is 11.3 Å². The molecule has 0 unspecified atom stereocenters. The first-order valence-corrected chi connectivity index (χ1v) is 12.5. The van der Waals surface area contributed by atoms with E-state index in [-0.39, 0.29) is 36.0 Å². The molecule has 1 aliphatic rings. The van der Waals surface area contributed by atoms with Crippen molar-refractivity contribution < 1.29 is 19.5 Å². The molecule has 1 aliphatic heterocycles. The fourth-order valence-electron chi connectivity index (χ4n) is 4.92. The van der Waals surface area contributed by atoms with Crippen molar-refractivity contribution in [1.29, 1.82) is 0 Å². The lowest BCUT2D eigenvalue weighted by Crippen LogP contribution is -2.54. The number of carbonyl (C=O) groups excluding carboxylic acids is 1. The Morgan fingerprint density at radius 2 is 2.03 bits per heavy atom. The molecule has 0 aliphatic carbocycles. The Morgan fingerprint density at radius 1 is 1.37 bits per heavy atom. The molecule has 1 saturated heterocycles. The van der Waals surface area contributed by atoms with Crippen molar-refractivity contribution in [3.05, 3.63) is 64.8 Å². The number of likely N-dealkylation sites (tertiary alicyclic amines) is 1. The average molecular weight is 499 g/mol. The molecule has 8 nitrogen and oxygen atoms in total. The summed E-state index contributed by atoms with van der Waals surface area (Å²) in [5.74, 6) is 3.61. The van der Waals surface area contributed by atoms with E-state index >= 15 is 0 Å². The smallest absolute Gasteiger partial charge is 0.329 e. The molecule has 0 spiro atoms. The molecule has 0 bridgehead atoms. The number of nitrogens with two attached hydrogens (primary N) is 1. The van der Waals surface area contributed by atoms with Crippen LogP contribution in [0.1, 0.15) is 74.4 Å². The molecular weight excluding hydrogens is 464 g/mol. The molecule has 3 rings (SSSR count).